The van der Waals surface area contributed by atoms with Gasteiger partial charge in [-0.25, -0.2) is 9.79 Å². The minimum Gasteiger partial charge on any atom is -0.465 e. The summed E-state index contributed by atoms with van der Waals surface area (Å²) in [6.45, 7) is 0. The molecule has 156 valence electrons. The lowest BCUT2D eigenvalue weighted by Crippen LogP contribution is -2.58. The highest BCUT2D eigenvalue weighted by Crippen LogP contribution is 2.43. The zero-order valence-electron chi connectivity index (χ0n) is 16.9. The molecule has 0 atom stereocenters. The first-order valence-electron chi connectivity index (χ1n) is 9.97. The first-order chi connectivity index (χ1) is 14.5. The van der Waals surface area contributed by atoms with Crippen molar-refractivity contribution in [2.75, 3.05) is 12.0 Å². The number of rotatable bonds is 4. The maximum atomic E-state index is 11.9. The third-order valence-electron chi connectivity index (χ3n) is 5.44. The molecule has 8 heteroatoms. The Hall–Kier alpha value is -3.55. The van der Waals surface area contributed by atoms with Gasteiger partial charge in [-0.2, -0.15) is 4.99 Å². The fourth-order valence-corrected chi connectivity index (χ4v) is 4.13. The molecule has 0 amide bonds. The maximum Gasteiger partial charge on any atom is 0.337 e. The fourth-order valence-electron chi connectivity index (χ4n) is 4.13. The second kappa shape index (κ2) is 8.06. The van der Waals surface area contributed by atoms with Crippen LogP contribution >= 0.6 is 0 Å². The highest BCUT2D eigenvalue weighted by molar-refractivity contribution is 6.06. The lowest BCUT2D eigenvalue weighted by Gasteiger charge is -2.45. The van der Waals surface area contributed by atoms with Crippen LogP contribution in [-0.4, -0.2) is 30.7 Å². The molecule has 2 aliphatic rings. The molecule has 1 aliphatic carbocycles. The van der Waals surface area contributed by atoms with Crippen molar-refractivity contribution in [3.05, 3.63) is 54.1 Å². The molecule has 0 radical (unpaired) electrons. The van der Waals surface area contributed by atoms with E-state index in [0.717, 1.165) is 37.8 Å². The van der Waals surface area contributed by atoms with Gasteiger partial charge in [0.25, 0.3) is 0 Å². The molecule has 1 saturated carbocycles. The Balaban J connectivity index is 1.73. The van der Waals surface area contributed by atoms with Gasteiger partial charge in [-0.1, -0.05) is 24.6 Å². The van der Waals surface area contributed by atoms with E-state index in [2.05, 4.69) is 4.99 Å². The molecule has 0 saturated heterocycles. The topological polar surface area (TPSA) is 116 Å². The van der Waals surface area contributed by atoms with Crippen molar-refractivity contribution in [3.63, 3.8) is 0 Å². The number of aliphatic imine (C=N–C) groups is 2. The predicted molar refractivity (Wildman–Crippen MR) is 116 cm³/mol. The fraction of sp³-hybridized carbons (Fsp3) is 0.318. The van der Waals surface area contributed by atoms with E-state index < -0.39 is 11.6 Å². The van der Waals surface area contributed by atoms with Crippen LogP contribution in [0.1, 0.15) is 42.5 Å². The lowest BCUT2D eigenvalue weighted by molar-refractivity contribution is 0.0600. The monoisotopic (exact) mass is 407 g/mol. The predicted octanol–water partition coefficient (Wildman–Crippen LogP) is 3.38. The number of carbonyl (C=O) groups is 1. The first kappa shape index (κ1) is 19.8. The van der Waals surface area contributed by atoms with Gasteiger partial charge in [0.1, 0.15) is 11.4 Å². The normalized spacial score (nSPS) is 17.8. The molecule has 4 rings (SSSR count). The average Bonchev–Trinajstić information content (AvgIpc) is 2.74. The molecule has 1 fully saturated rings. The van der Waals surface area contributed by atoms with Gasteiger partial charge in [0.2, 0.25) is 11.9 Å². The standard InChI is InChI=1S/C22H25N5O3/c1-29-19(28)15-8-7-9-16(14-15)30-18-11-4-3-10-17(18)27-21(24)25-20(23)26-22(27)12-5-2-6-13-22/h3-4,7-11,14H,2,5-6,12-13H2,1H3,(H4,23,24,25,26). The van der Waals surface area contributed by atoms with Crippen molar-refractivity contribution in [1.29, 1.82) is 0 Å². The highest BCUT2D eigenvalue weighted by Gasteiger charge is 2.43. The summed E-state index contributed by atoms with van der Waals surface area (Å²) in [4.78, 5) is 22.7. The quantitative estimate of drug-likeness (QED) is 0.751. The summed E-state index contributed by atoms with van der Waals surface area (Å²) in [5.41, 5.74) is 12.9. The number of nitrogens with zero attached hydrogens (tertiary/aromatic N) is 3. The number of hydrogen-bond acceptors (Lipinski definition) is 8. The second-order valence-corrected chi connectivity index (χ2v) is 7.41. The molecular weight excluding hydrogens is 382 g/mol. The van der Waals surface area contributed by atoms with E-state index in [9.17, 15) is 4.79 Å². The number of nitrogens with two attached hydrogens (primary N) is 2. The number of methoxy groups -OCH3 is 1. The summed E-state index contributed by atoms with van der Waals surface area (Å²) in [5.74, 6) is 1.17. The maximum absolute atomic E-state index is 11.9. The lowest BCUT2D eigenvalue weighted by atomic mass is 9.87. The van der Waals surface area contributed by atoms with E-state index in [0.29, 0.717) is 23.0 Å². The summed E-state index contributed by atoms with van der Waals surface area (Å²) in [7, 11) is 1.35. The van der Waals surface area contributed by atoms with Gasteiger partial charge >= 0.3 is 5.97 Å². The smallest absolute Gasteiger partial charge is 0.337 e. The van der Waals surface area contributed by atoms with E-state index in [1.807, 2.05) is 29.2 Å². The molecule has 1 aliphatic heterocycles. The van der Waals surface area contributed by atoms with Gasteiger partial charge in [-0.05, 0) is 56.0 Å². The Kier molecular flexibility index (Phi) is 5.31. The van der Waals surface area contributed by atoms with Crippen LogP contribution in [0.25, 0.3) is 0 Å². The minimum absolute atomic E-state index is 0.204. The SMILES string of the molecule is COC(=O)c1cccc(Oc2ccccc2N2C(N)=NC(N)=NC23CCCCC3)c1. The van der Waals surface area contributed by atoms with Crippen molar-refractivity contribution in [3.8, 4) is 11.5 Å². The van der Waals surface area contributed by atoms with Crippen molar-refractivity contribution < 1.29 is 14.3 Å². The number of esters is 1. The van der Waals surface area contributed by atoms with Crippen LogP contribution in [0.4, 0.5) is 5.69 Å². The Bertz CT molecular complexity index is 1010. The van der Waals surface area contributed by atoms with E-state index >= 15 is 0 Å². The van der Waals surface area contributed by atoms with Gasteiger partial charge < -0.3 is 20.9 Å². The molecule has 2 aromatic carbocycles. The number of guanidine groups is 2. The molecule has 0 aromatic heterocycles. The van der Waals surface area contributed by atoms with Crippen LogP contribution < -0.4 is 21.1 Å². The number of hydrogen-bond donors (Lipinski definition) is 2. The number of ether oxygens (including phenoxy) is 2. The molecule has 1 spiro atoms. The van der Waals surface area contributed by atoms with E-state index in [1.54, 1.807) is 24.3 Å². The van der Waals surface area contributed by atoms with Crippen LogP contribution in [0.2, 0.25) is 0 Å². The molecule has 2 aromatic rings. The summed E-state index contributed by atoms with van der Waals surface area (Å²) in [6.07, 6.45) is 4.88. The first-order valence-corrected chi connectivity index (χ1v) is 9.97. The number of benzene rings is 2. The minimum atomic E-state index is -0.568. The van der Waals surface area contributed by atoms with Gasteiger partial charge in [-0.15, -0.1) is 0 Å². The zero-order chi connectivity index (χ0) is 21.1. The van der Waals surface area contributed by atoms with E-state index in [-0.39, 0.29) is 5.96 Å². The Morgan fingerprint density at radius 3 is 2.60 bits per heavy atom. The third kappa shape index (κ3) is 3.68. The summed E-state index contributed by atoms with van der Waals surface area (Å²) in [6, 6.07) is 14.4. The van der Waals surface area contributed by atoms with Gasteiger partial charge in [-0.3, -0.25) is 4.90 Å². The number of anilines is 1. The summed E-state index contributed by atoms with van der Waals surface area (Å²) < 4.78 is 11.0. The largest absolute Gasteiger partial charge is 0.465 e. The molecule has 1 heterocycles. The molecule has 0 bridgehead atoms. The highest BCUT2D eigenvalue weighted by atomic mass is 16.5. The van der Waals surface area contributed by atoms with Gasteiger partial charge in [0.15, 0.2) is 5.75 Å². The second-order valence-electron chi connectivity index (χ2n) is 7.41. The molecule has 30 heavy (non-hydrogen) atoms. The molecular formula is C22H25N5O3. The Labute approximate surface area is 175 Å². The van der Waals surface area contributed by atoms with Crippen molar-refractivity contribution in [2.24, 2.45) is 21.5 Å². The van der Waals surface area contributed by atoms with Crippen molar-refractivity contribution in [2.45, 2.75) is 37.8 Å². The van der Waals surface area contributed by atoms with Crippen LogP contribution in [0.15, 0.2) is 58.5 Å². The van der Waals surface area contributed by atoms with Crippen LogP contribution in [0, 0.1) is 0 Å². The van der Waals surface area contributed by atoms with E-state index in [1.165, 1.54) is 7.11 Å². The zero-order valence-corrected chi connectivity index (χ0v) is 16.9. The number of para-hydroxylation sites is 2. The molecule has 8 nitrogen and oxygen atoms in total. The van der Waals surface area contributed by atoms with Crippen LogP contribution in [-0.2, 0) is 4.74 Å². The van der Waals surface area contributed by atoms with E-state index in [4.69, 9.17) is 25.9 Å². The summed E-state index contributed by atoms with van der Waals surface area (Å²) in [5, 5.41) is 0. The van der Waals surface area contributed by atoms with Crippen LogP contribution in [0.3, 0.4) is 0 Å². The number of carbonyl (C=O) groups excluding carboxylic acids is 1. The van der Waals surface area contributed by atoms with Gasteiger partial charge in [0.05, 0.1) is 18.4 Å². The van der Waals surface area contributed by atoms with Crippen molar-refractivity contribution >= 4 is 23.6 Å². The van der Waals surface area contributed by atoms with Crippen molar-refractivity contribution in [1.82, 2.24) is 0 Å². The average molecular weight is 407 g/mol. The molecule has 0 unspecified atom stereocenters. The molecule has 4 N–H and O–H groups in total. The van der Waals surface area contributed by atoms with Crippen LogP contribution in [0.5, 0.6) is 11.5 Å². The van der Waals surface area contributed by atoms with Gasteiger partial charge in [0, 0.05) is 0 Å². The Morgan fingerprint density at radius 2 is 1.83 bits per heavy atom. The summed E-state index contributed by atoms with van der Waals surface area (Å²) >= 11 is 0. The third-order valence-corrected chi connectivity index (χ3v) is 5.44. The Morgan fingerprint density at radius 1 is 1.07 bits per heavy atom.